The van der Waals surface area contributed by atoms with Gasteiger partial charge in [0.2, 0.25) is 0 Å². The first-order valence-corrected chi connectivity index (χ1v) is 5.66. The van der Waals surface area contributed by atoms with Gasteiger partial charge in [0.15, 0.2) is 5.76 Å². The molecule has 0 amide bonds. The second-order valence-corrected chi connectivity index (χ2v) is 4.51. The Kier molecular flexibility index (Phi) is 3.43. The number of hydrogen-bond acceptors (Lipinski definition) is 3. The summed E-state index contributed by atoms with van der Waals surface area (Å²) >= 11 is 0. The minimum Gasteiger partial charge on any atom is -0.359 e. The highest BCUT2D eigenvalue weighted by Crippen LogP contribution is 2.27. The second kappa shape index (κ2) is 4.86. The maximum atomic E-state index is 13.5. The average Bonchev–Trinajstić information content (AvgIpc) is 2.80. The van der Waals surface area contributed by atoms with Crippen molar-refractivity contribution in [3.05, 3.63) is 41.7 Å². The third-order valence-corrected chi connectivity index (χ3v) is 2.78. The number of rotatable bonds is 3. The molecule has 0 spiro atoms. The van der Waals surface area contributed by atoms with Crippen LogP contribution in [-0.2, 0) is 0 Å². The lowest BCUT2D eigenvalue weighted by atomic mass is 10.0. The largest absolute Gasteiger partial charge is 0.359 e. The quantitative estimate of drug-likeness (QED) is 0.912. The van der Waals surface area contributed by atoms with E-state index in [0.29, 0.717) is 5.76 Å². The fourth-order valence-corrected chi connectivity index (χ4v) is 1.60. The third kappa shape index (κ3) is 2.41. The van der Waals surface area contributed by atoms with Gasteiger partial charge < -0.3 is 10.3 Å². The van der Waals surface area contributed by atoms with Crippen molar-refractivity contribution in [3.63, 3.8) is 0 Å². The van der Waals surface area contributed by atoms with E-state index in [1.54, 1.807) is 6.07 Å². The number of benzene rings is 1. The van der Waals surface area contributed by atoms with E-state index in [2.05, 4.69) is 5.16 Å². The lowest BCUT2D eigenvalue weighted by Crippen LogP contribution is -2.15. The molecule has 1 heterocycles. The smallest absolute Gasteiger partial charge is 0.154 e. The monoisotopic (exact) mass is 252 g/mol. The molecule has 0 fully saturated rings. The van der Waals surface area contributed by atoms with E-state index in [0.717, 1.165) is 18.2 Å². The van der Waals surface area contributed by atoms with E-state index in [4.69, 9.17) is 10.3 Å². The predicted molar refractivity (Wildman–Crippen MR) is 63.6 cm³/mol. The SMILES string of the molecule is CC(C)C(N)c1cc(-c2cc(F)ccc2F)no1. The first-order chi connectivity index (χ1) is 8.49. The zero-order valence-electron chi connectivity index (χ0n) is 10.2. The molecule has 1 atom stereocenters. The molecule has 18 heavy (non-hydrogen) atoms. The van der Waals surface area contributed by atoms with Crippen molar-refractivity contribution in [3.8, 4) is 11.3 Å². The summed E-state index contributed by atoms with van der Waals surface area (Å²) in [5.41, 5.74) is 6.21. The molecule has 5 heteroatoms. The molecular weight excluding hydrogens is 238 g/mol. The van der Waals surface area contributed by atoms with Crippen molar-refractivity contribution < 1.29 is 13.3 Å². The van der Waals surface area contributed by atoms with Gasteiger partial charge in [-0.15, -0.1) is 0 Å². The normalized spacial score (nSPS) is 13.0. The first kappa shape index (κ1) is 12.7. The Morgan fingerprint density at radius 1 is 1.22 bits per heavy atom. The Morgan fingerprint density at radius 2 is 1.94 bits per heavy atom. The molecule has 0 radical (unpaired) electrons. The van der Waals surface area contributed by atoms with Crippen LogP contribution in [0.1, 0.15) is 25.6 Å². The van der Waals surface area contributed by atoms with Crippen LogP contribution in [0.4, 0.5) is 8.78 Å². The molecule has 2 aromatic rings. The molecule has 0 aliphatic heterocycles. The number of aromatic nitrogens is 1. The van der Waals surface area contributed by atoms with Crippen LogP contribution >= 0.6 is 0 Å². The molecule has 0 saturated carbocycles. The predicted octanol–water partition coefficient (Wildman–Crippen LogP) is 3.28. The molecule has 2 N–H and O–H groups in total. The topological polar surface area (TPSA) is 52.0 Å². The van der Waals surface area contributed by atoms with Crippen LogP contribution in [0.5, 0.6) is 0 Å². The molecule has 96 valence electrons. The van der Waals surface area contributed by atoms with Gasteiger partial charge in [0.05, 0.1) is 6.04 Å². The van der Waals surface area contributed by atoms with Crippen molar-refractivity contribution in [2.75, 3.05) is 0 Å². The van der Waals surface area contributed by atoms with E-state index in [9.17, 15) is 8.78 Å². The van der Waals surface area contributed by atoms with Gasteiger partial charge in [-0.05, 0) is 24.1 Å². The fourth-order valence-electron chi connectivity index (χ4n) is 1.60. The fraction of sp³-hybridized carbons (Fsp3) is 0.308. The summed E-state index contributed by atoms with van der Waals surface area (Å²) in [6.07, 6.45) is 0. The Hall–Kier alpha value is -1.75. The van der Waals surface area contributed by atoms with E-state index < -0.39 is 11.6 Å². The first-order valence-electron chi connectivity index (χ1n) is 5.66. The van der Waals surface area contributed by atoms with Gasteiger partial charge >= 0.3 is 0 Å². The molecular formula is C13H14F2N2O. The Labute approximate surface area is 104 Å². The molecule has 3 nitrogen and oxygen atoms in total. The maximum Gasteiger partial charge on any atom is 0.154 e. The lowest BCUT2D eigenvalue weighted by Gasteiger charge is -2.10. The Morgan fingerprint density at radius 3 is 2.61 bits per heavy atom. The van der Waals surface area contributed by atoms with Crippen LogP contribution in [0.2, 0.25) is 0 Å². The number of nitrogens with zero attached hydrogens (tertiary/aromatic N) is 1. The molecule has 0 bridgehead atoms. The molecule has 2 rings (SSSR count). The highest BCUT2D eigenvalue weighted by atomic mass is 19.1. The van der Waals surface area contributed by atoms with Crippen molar-refractivity contribution in [2.24, 2.45) is 11.7 Å². The van der Waals surface area contributed by atoms with Gasteiger partial charge in [0, 0.05) is 11.6 Å². The summed E-state index contributed by atoms with van der Waals surface area (Å²) in [6, 6.07) is 4.42. The van der Waals surface area contributed by atoms with Crippen LogP contribution < -0.4 is 5.73 Å². The number of nitrogens with two attached hydrogens (primary N) is 1. The highest BCUT2D eigenvalue weighted by Gasteiger charge is 2.18. The van der Waals surface area contributed by atoms with Gasteiger partial charge in [0.1, 0.15) is 17.3 Å². The van der Waals surface area contributed by atoms with Crippen molar-refractivity contribution in [2.45, 2.75) is 19.9 Å². The summed E-state index contributed by atoms with van der Waals surface area (Å²) in [4.78, 5) is 0. The zero-order valence-corrected chi connectivity index (χ0v) is 10.2. The van der Waals surface area contributed by atoms with Crippen molar-refractivity contribution >= 4 is 0 Å². The third-order valence-electron chi connectivity index (χ3n) is 2.78. The average molecular weight is 252 g/mol. The summed E-state index contributed by atoms with van der Waals surface area (Å²) in [6.45, 7) is 3.88. The van der Waals surface area contributed by atoms with Crippen molar-refractivity contribution in [1.82, 2.24) is 5.16 Å². The Bertz CT molecular complexity index is 552. The van der Waals surface area contributed by atoms with E-state index in [-0.39, 0.29) is 23.2 Å². The van der Waals surface area contributed by atoms with Crippen LogP contribution in [0.3, 0.4) is 0 Å². The van der Waals surface area contributed by atoms with Gasteiger partial charge in [-0.25, -0.2) is 8.78 Å². The van der Waals surface area contributed by atoms with Crippen LogP contribution in [0.15, 0.2) is 28.8 Å². The number of hydrogen-bond donors (Lipinski definition) is 1. The van der Waals surface area contributed by atoms with E-state index >= 15 is 0 Å². The number of halogens is 2. The molecule has 1 unspecified atom stereocenters. The van der Waals surface area contributed by atoms with E-state index in [1.165, 1.54) is 0 Å². The molecule has 1 aromatic heterocycles. The lowest BCUT2D eigenvalue weighted by molar-refractivity contribution is 0.333. The molecule has 0 saturated heterocycles. The summed E-state index contributed by atoms with van der Waals surface area (Å²) < 4.78 is 31.7. The molecule has 1 aromatic carbocycles. The standard InChI is InChI=1S/C13H14F2N2O/c1-7(2)13(16)12-6-11(17-18-12)9-5-8(14)3-4-10(9)15/h3-7,13H,16H2,1-2H3. The molecule has 0 aliphatic rings. The van der Waals surface area contributed by atoms with Gasteiger partial charge in [-0.2, -0.15) is 0 Å². The minimum absolute atomic E-state index is 0.0703. The summed E-state index contributed by atoms with van der Waals surface area (Å²) in [7, 11) is 0. The van der Waals surface area contributed by atoms with Crippen molar-refractivity contribution in [1.29, 1.82) is 0 Å². The minimum atomic E-state index is -0.547. The van der Waals surface area contributed by atoms with Crippen LogP contribution in [0, 0.1) is 17.6 Å². The van der Waals surface area contributed by atoms with Crippen LogP contribution in [-0.4, -0.2) is 5.16 Å². The highest BCUT2D eigenvalue weighted by molar-refractivity contribution is 5.59. The summed E-state index contributed by atoms with van der Waals surface area (Å²) in [5, 5.41) is 3.73. The second-order valence-electron chi connectivity index (χ2n) is 4.51. The van der Waals surface area contributed by atoms with Gasteiger partial charge in [-0.3, -0.25) is 0 Å². The molecule has 0 aliphatic carbocycles. The van der Waals surface area contributed by atoms with Crippen LogP contribution in [0.25, 0.3) is 11.3 Å². The Balaban J connectivity index is 2.38. The van der Waals surface area contributed by atoms with E-state index in [1.807, 2.05) is 13.8 Å². The van der Waals surface area contributed by atoms with Gasteiger partial charge in [-0.1, -0.05) is 19.0 Å². The summed E-state index contributed by atoms with van der Waals surface area (Å²) in [5.74, 6) is -0.440. The zero-order chi connectivity index (χ0) is 13.3. The maximum absolute atomic E-state index is 13.5. The van der Waals surface area contributed by atoms with Gasteiger partial charge in [0.25, 0.3) is 0 Å².